The normalized spacial score (nSPS) is 10.9. The fourth-order valence-electron chi connectivity index (χ4n) is 2.66. The number of carboxylic acid groups (broad SMARTS) is 3. The highest BCUT2D eigenvalue weighted by Crippen LogP contribution is 2.28. The van der Waals surface area contributed by atoms with Gasteiger partial charge in [0.05, 0.1) is 27.3 Å². The number of hydrogen-bond acceptors (Lipinski definition) is 6. The third-order valence-electron chi connectivity index (χ3n) is 4.19. The number of rotatable bonds is 8. The fourth-order valence-corrected chi connectivity index (χ4v) is 3.74. The average Bonchev–Trinajstić information content (AvgIpc) is 2.74. The molecular formula is C21H15NO9S. The Bertz CT molecular complexity index is 1320. The Hall–Kier alpha value is -4.38. The summed E-state index contributed by atoms with van der Waals surface area (Å²) in [6.07, 6.45) is 0. The summed E-state index contributed by atoms with van der Waals surface area (Å²) in [4.78, 5) is 33.4. The van der Waals surface area contributed by atoms with E-state index in [0.717, 1.165) is 30.3 Å². The Morgan fingerprint density at radius 3 is 1.94 bits per heavy atom. The first-order valence-electron chi connectivity index (χ1n) is 8.81. The fraction of sp³-hybridized carbons (Fsp3) is 0. The quantitative estimate of drug-likeness (QED) is 0.396. The lowest BCUT2D eigenvalue weighted by molar-refractivity contribution is 0.0686. The van der Waals surface area contributed by atoms with Gasteiger partial charge in [0, 0.05) is 0 Å². The highest BCUT2D eigenvalue weighted by Gasteiger charge is 2.20. The van der Waals surface area contributed by atoms with Crippen molar-refractivity contribution in [1.82, 2.24) is 0 Å². The molecule has 11 heteroatoms. The van der Waals surface area contributed by atoms with Crippen molar-refractivity contribution in [3.8, 4) is 11.5 Å². The van der Waals surface area contributed by atoms with Gasteiger partial charge in [-0.1, -0.05) is 6.07 Å². The lowest BCUT2D eigenvalue weighted by Crippen LogP contribution is -2.16. The minimum atomic E-state index is -4.21. The molecule has 32 heavy (non-hydrogen) atoms. The van der Waals surface area contributed by atoms with Crippen molar-refractivity contribution < 1.29 is 42.9 Å². The summed E-state index contributed by atoms with van der Waals surface area (Å²) in [5, 5.41) is 27.5. The lowest BCUT2D eigenvalue weighted by atomic mass is 10.1. The van der Waals surface area contributed by atoms with Crippen molar-refractivity contribution in [2.45, 2.75) is 4.90 Å². The molecule has 0 saturated carbocycles. The van der Waals surface area contributed by atoms with Gasteiger partial charge >= 0.3 is 17.9 Å². The van der Waals surface area contributed by atoms with E-state index >= 15 is 0 Å². The second-order valence-electron chi connectivity index (χ2n) is 6.38. The molecular weight excluding hydrogens is 442 g/mol. The zero-order chi connectivity index (χ0) is 23.5. The van der Waals surface area contributed by atoms with Crippen LogP contribution in [0.1, 0.15) is 31.1 Å². The molecule has 3 rings (SSSR count). The van der Waals surface area contributed by atoms with Crippen molar-refractivity contribution in [1.29, 1.82) is 0 Å². The number of sulfonamides is 1. The van der Waals surface area contributed by atoms with Crippen LogP contribution >= 0.6 is 0 Å². The molecule has 0 unspecified atom stereocenters. The predicted molar refractivity (Wildman–Crippen MR) is 111 cm³/mol. The standard InChI is InChI=1S/C21H15NO9S/c23-19(24)12-4-7-16(8-5-12)32(29,30)22-18-9-6-15(11-17(18)21(27)28)31-14-3-1-2-13(10-14)20(25)26/h1-11,22H,(H,23,24)(H,25,26)(H,27,28). The summed E-state index contributed by atoms with van der Waals surface area (Å²) < 4.78 is 32.9. The molecule has 4 N–H and O–H groups in total. The molecule has 0 heterocycles. The van der Waals surface area contributed by atoms with E-state index in [-0.39, 0.29) is 33.2 Å². The van der Waals surface area contributed by atoms with E-state index in [2.05, 4.69) is 4.72 Å². The molecule has 0 bridgehead atoms. The van der Waals surface area contributed by atoms with E-state index in [1.165, 1.54) is 36.4 Å². The van der Waals surface area contributed by atoms with Crippen LogP contribution in [0.4, 0.5) is 5.69 Å². The molecule has 0 atom stereocenters. The molecule has 0 aromatic heterocycles. The summed E-state index contributed by atoms with van der Waals surface area (Å²) in [6, 6.07) is 13.5. The number of carbonyl (C=O) groups is 3. The van der Waals surface area contributed by atoms with Crippen molar-refractivity contribution in [3.63, 3.8) is 0 Å². The van der Waals surface area contributed by atoms with Gasteiger partial charge in [0.1, 0.15) is 11.5 Å². The Kier molecular flexibility index (Phi) is 6.12. The number of carboxylic acids is 3. The van der Waals surface area contributed by atoms with Crippen LogP contribution in [-0.2, 0) is 10.0 Å². The monoisotopic (exact) mass is 457 g/mol. The average molecular weight is 457 g/mol. The van der Waals surface area contributed by atoms with Gasteiger partial charge in [-0.3, -0.25) is 4.72 Å². The van der Waals surface area contributed by atoms with E-state index in [1.807, 2.05) is 0 Å². The first kappa shape index (κ1) is 22.3. The van der Waals surface area contributed by atoms with Crippen LogP contribution in [0.15, 0.2) is 71.6 Å². The van der Waals surface area contributed by atoms with Gasteiger partial charge in [-0.25, -0.2) is 22.8 Å². The first-order valence-corrected chi connectivity index (χ1v) is 10.3. The van der Waals surface area contributed by atoms with Crippen LogP contribution in [0.3, 0.4) is 0 Å². The highest BCUT2D eigenvalue weighted by molar-refractivity contribution is 7.92. The van der Waals surface area contributed by atoms with Gasteiger partial charge in [-0.2, -0.15) is 0 Å². The van der Waals surface area contributed by atoms with Crippen LogP contribution in [0, 0.1) is 0 Å². The molecule has 10 nitrogen and oxygen atoms in total. The molecule has 3 aromatic carbocycles. The van der Waals surface area contributed by atoms with E-state index in [0.29, 0.717) is 0 Å². The Morgan fingerprint density at radius 2 is 1.34 bits per heavy atom. The summed E-state index contributed by atoms with van der Waals surface area (Å²) in [7, 11) is -4.21. The topological polar surface area (TPSA) is 167 Å². The van der Waals surface area contributed by atoms with Crippen LogP contribution in [0.5, 0.6) is 11.5 Å². The van der Waals surface area contributed by atoms with Crippen LogP contribution in [-0.4, -0.2) is 41.6 Å². The number of anilines is 1. The number of ether oxygens (including phenoxy) is 1. The predicted octanol–water partition coefficient (Wildman–Crippen LogP) is 3.37. The van der Waals surface area contributed by atoms with Gasteiger partial charge in [0.2, 0.25) is 0 Å². The van der Waals surface area contributed by atoms with Gasteiger partial charge in [-0.15, -0.1) is 0 Å². The van der Waals surface area contributed by atoms with E-state index in [4.69, 9.17) is 14.9 Å². The highest BCUT2D eigenvalue weighted by atomic mass is 32.2. The molecule has 0 aliphatic rings. The van der Waals surface area contributed by atoms with E-state index in [9.17, 15) is 27.9 Å². The zero-order valence-electron chi connectivity index (χ0n) is 16.1. The van der Waals surface area contributed by atoms with Gasteiger partial charge in [0.25, 0.3) is 10.0 Å². The maximum absolute atomic E-state index is 12.6. The summed E-state index contributed by atoms with van der Waals surface area (Å²) >= 11 is 0. The SMILES string of the molecule is O=C(O)c1ccc(S(=O)(=O)Nc2ccc(Oc3cccc(C(=O)O)c3)cc2C(=O)O)cc1. The van der Waals surface area contributed by atoms with Crippen molar-refractivity contribution in [3.05, 3.63) is 83.4 Å². The Labute approximate surface area is 181 Å². The Morgan fingerprint density at radius 1 is 0.719 bits per heavy atom. The van der Waals surface area contributed by atoms with Crippen LogP contribution in [0.25, 0.3) is 0 Å². The number of aromatic carboxylic acids is 3. The lowest BCUT2D eigenvalue weighted by Gasteiger charge is -2.13. The molecule has 0 aliphatic carbocycles. The van der Waals surface area contributed by atoms with Gasteiger partial charge in [-0.05, 0) is 60.7 Å². The molecule has 0 spiro atoms. The molecule has 164 valence electrons. The summed E-state index contributed by atoms with van der Waals surface area (Å²) in [5.41, 5.74) is -0.794. The maximum atomic E-state index is 12.6. The minimum Gasteiger partial charge on any atom is -0.478 e. The van der Waals surface area contributed by atoms with Crippen molar-refractivity contribution in [2.75, 3.05) is 4.72 Å². The molecule has 0 fully saturated rings. The van der Waals surface area contributed by atoms with Gasteiger partial charge in [0.15, 0.2) is 0 Å². The first-order chi connectivity index (χ1) is 15.1. The maximum Gasteiger partial charge on any atom is 0.337 e. The third-order valence-corrected chi connectivity index (χ3v) is 5.58. The van der Waals surface area contributed by atoms with Crippen molar-refractivity contribution in [2.24, 2.45) is 0 Å². The van der Waals surface area contributed by atoms with Gasteiger partial charge < -0.3 is 20.1 Å². The largest absolute Gasteiger partial charge is 0.478 e. The van der Waals surface area contributed by atoms with Crippen LogP contribution in [0.2, 0.25) is 0 Å². The number of benzene rings is 3. The second-order valence-corrected chi connectivity index (χ2v) is 8.07. The molecule has 3 aromatic rings. The molecule has 0 radical (unpaired) electrons. The smallest absolute Gasteiger partial charge is 0.337 e. The summed E-state index contributed by atoms with van der Waals surface area (Å²) in [6.45, 7) is 0. The number of nitrogens with one attached hydrogen (secondary N) is 1. The Balaban J connectivity index is 1.89. The molecule has 0 saturated heterocycles. The summed E-state index contributed by atoms with van der Waals surface area (Å²) in [5.74, 6) is -3.64. The molecule has 0 amide bonds. The minimum absolute atomic E-state index is 0.0285. The van der Waals surface area contributed by atoms with Crippen molar-refractivity contribution >= 4 is 33.6 Å². The molecule has 0 aliphatic heterocycles. The van der Waals surface area contributed by atoms with E-state index in [1.54, 1.807) is 0 Å². The third kappa shape index (κ3) is 5.02. The number of hydrogen-bond donors (Lipinski definition) is 4. The van der Waals surface area contributed by atoms with E-state index < -0.39 is 33.5 Å². The zero-order valence-corrected chi connectivity index (χ0v) is 16.9. The second kappa shape index (κ2) is 8.78. The van der Waals surface area contributed by atoms with Crippen LogP contribution < -0.4 is 9.46 Å².